The predicted octanol–water partition coefficient (Wildman–Crippen LogP) is 2.49. The van der Waals surface area contributed by atoms with Crippen LogP contribution < -0.4 is 10.6 Å². The summed E-state index contributed by atoms with van der Waals surface area (Å²) in [5, 5.41) is 15.3. The van der Waals surface area contributed by atoms with Crippen molar-refractivity contribution in [3.05, 3.63) is 60.6 Å². The molecule has 0 spiro atoms. The number of aromatic nitrogens is 3. The van der Waals surface area contributed by atoms with Crippen LogP contribution in [0.2, 0.25) is 0 Å². The van der Waals surface area contributed by atoms with Crippen molar-refractivity contribution in [2.75, 3.05) is 12.3 Å². The van der Waals surface area contributed by atoms with Crippen LogP contribution in [-0.2, 0) is 6.54 Å². The minimum Gasteiger partial charge on any atom is -0.362 e. The minimum absolute atomic E-state index is 0.544. The van der Waals surface area contributed by atoms with Gasteiger partial charge in [-0.05, 0) is 36.5 Å². The van der Waals surface area contributed by atoms with E-state index in [4.69, 9.17) is 12.2 Å². The van der Waals surface area contributed by atoms with Crippen LogP contribution >= 0.6 is 24.0 Å². The fourth-order valence-electron chi connectivity index (χ4n) is 2.08. The monoisotopic (exact) mass is 343 g/mol. The quantitative estimate of drug-likeness (QED) is 0.407. The van der Waals surface area contributed by atoms with E-state index in [1.54, 1.807) is 11.8 Å². The Hall–Kier alpha value is -2.12. The molecule has 0 aliphatic heterocycles. The van der Waals surface area contributed by atoms with E-state index in [0.29, 0.717) is 11.7 Å². The van der Waals surface area contributed by atoms with Crippen LogP contribution in [0.5, 0.6) is 0 Å². The Labute approximate surface area is 144 Å². The van der Waals surface area contributed by atoms with Gasteiger partial charge in [0.1, 0.15) is 0 Å². The number of benzene rings is 1. The zero-order valence-electron chi connectivity index (χ0n) is 12.5. The van der Waals surface area contributed by atoms with Crippen molar-refractivity contribution >= 4 is 34.7 Å². The van der Waals surface area contributed by atoms with Crippen molar-refractivity contribution < 1.29 is 0 Å². The third-order valence-electron chi connectivity index (χ3n) is 3.19. The molecular formula is C16H17N5S2. The number of rotatable bonds is 6. The first-order valence-corrected chi connectivity index (χ1v) is 8.70. The van der Waals surface area contributed by atoms with Crippen molar-refractivity contribution in [1.29, 1.82) is 0 Å². The van der Waals surface area contributed by atoms with Gasteiger partial charge in [-0.1, -0.05) is 24.3 Å². The molecule has 23 heavy (non-hydrogen) atoms. The average Bonchev–Trinajstić information content (AvgIpc) is 3.01. The molecule has 7 heteroatoms. The number of pyridine rings is 1. The van der Waals surface area contributed by atoms with E-state index in [1.807, 2.05) is 47.0 Å². The Morgan fingerprint density at radius 1 is 1.04 bits per heavy atom. The van der Waals surface area contributed by atoms with Crippen molar-refractivity contribution in [2.24, 2.45) is 0 Å². The van der Waals surface area contributed by atoms with Gasteiger partial charge in [0.2, 0.25) is 0 Å². The normalized spacial score (nSPS) is 10.6. The summed E-state index contributed by atoms with van der Waals surface area (Å²) < 4.78 is 1.95. The molecule has 0 unspecified atom stereocenters. The van der Waals surface area contributed by atoms with Crippen molar-refractivity contribution in [2.45, 2.75) is 11.4 Å². The number of hydrogen-bond acceptors (Lipinski definition) is 4. The largest absolute Gasteiger partial charge is 0.362 e. The molecule has 2 N–H and O–H groups in total. The van der Waals surface area contributed by atoms with Gasteiger partial charge in [-0.2, -0.15) is 0 Å². The lowest BCUT2D eigenvalue weighted by molar-refractivity contribution is 0.788. The molecule has 0 aliphatic carbocycles. The second kappa shape index (κ2) is 7.94. The van der Waals surface area contributed by atoms with Gasteiger partial charge in [0.05, 0.1) is 6.54 Å². The SMILES string of the molecule is S=C(NCCSc1ccccc1)NCc1nnc2ccccn12. The Morgan fingerprint density at radius 3 is 2.74 bits per heavy atom. The number of thioether (sulfide) groups is 1. The van der Waals surface area contributed by atoms with Crippen LogP contribution in [0.25, 0.3) is 5.65 Å². The van der Waals surface area contributed by atoms with Crippen LogP contribution in [0.1, 0.15) is 5.82 Å². The molecule has 0 fully saturated rings. The standard InChI is InChI=1S/C16H17N5S2/c22-16(17-9-11-23-13-6-2-1-3-7-13)18-12-15-20-19-14-8-4-5-10-21(14)15/h1-8,10H,9,11-12H2,(H2,17,18,22). The molecule has 0 aliphatic rings. The maximum atomic E-state index is 5.29. The van der Waals surface area contributed by atoms with Gasteiger partial charge in [-0.25, -0.2) is 0 Å². The molecule has 2 heterocycles. The van der Waals surface area contributed by atoms with Gasteiger partial charge in [-0.3, -0.25) is 4.40 Å². The molecule has 0 amide bonds. The van der Waals surface area contributed by atoms with Crippen molar-refractivity contribution in [3.63, 3.8) is 0 Å². The van der Waals surface area contributed by atoms with E-state index < -0.39 is 0 Å². The molecule has 2 aromatic heterocycles. The zero-order valence-corrected chi connectivity index (χ0v) is 14.1. The summed E-state index contributed by atoms with van der Waals surface area (Å²) in [7, 11) is 0. The first-order valence-electron chi connectivity index (χ1n) is 7.31. The Morgan fingerprint density at radius 2 is 1.87 bits per heavy atom. The molecule has 0 radical (unpaired) electrons. The molecule has 0 saturated carbocycles. The second-order valence-corrected chi connectivity index (χ2v) is 6.39. The Kier molecular flexibility index (Phi) is 5.44. The topological polar surface area (TPSA) is 54.2 Å². The Balaban J connectivity index is 1.40. The van der Waals surface area contributed by atoms with E-state index in [9.17, 15) is 0 Å². The first-order chi connectivity index (χ1) is 11.3. The van der Waals surface area contributed by atoms with E-state index in [-0.39, 0.29) is 0 Å². The zero-order chi connectivity index (χ0) is 15.9. The van der Waals surface area contributed by atoms with Crippen LogP contribution in [0.4, 0.5) is 0 Å². The van der Waals surface area contributed by atoms with Crippen LogP contribution in [0.15, 0.2) is 59.6 Å². The minimum atomic E-state index is 0.544. The molecule has 3 aromatic rings. The van der Waals surface area contributed by atoms with Gasteiger partial charge < -0.3 is 10.6 Å². The van der Waals surface area contributed by atoms with Crippen LogP contribution in [0, 0.1) is 0 Å². The smallest absolute Gasteiger partial charge is 0.166 e. The van der Waals surface area contributed by atoms with E-state index >= 15 is 0 Å². The summed E-state index contributed by atoms with van der Waals surface area (Å²) in [5.41, 5.74) is 0.836. The van der Waals surface area contributed by atoms with E-state index in [2.05, 4.69) is 33.0 Å². The maximum Gasteiger partial charge on any atom is 0.166 e. The lowest BCUT2D eigenvalue weighted by Crippen LogP contribution is -2.36. The molecular weight excluding hydrogens is 326 g/mol. The van der Waals surface area contributed by atoms with Crippen LogP contribution in [0.3, 0.4) is 0 Å². The van der Waals surface area contributed by atoms with Gasteiger partial charge in [0.25, 0.3) is 0 Å². The van der Waals surface area contributed by atoms with Gasteiger partial charge >= 0.3 is 0 Å². The summed E-state index contributed by atoms with van der Waals surface area (Å²) in [6.07, 6.45) is 1.94. The predicted molar refractivity (Wildman–Crippen MR) is 97.6 cm³/mol. The Bertz CT molecular complexity index is 772. The first kappa shape index (κ1) is 15.8. The molecule has 1 aromatic carbocycles. The van der Waals surface area contributed by atoms with E-state index in [0.717, 1.165) is 23.8 Å². The highest BCUT2D eigenvalue weighted by atomic mass is 32.2. The summed E-state index contributed by atoms with van der Waals surface area (Å²) in [5.74, 6) is 1.79. The summed E-state index contributed by atoms with van der Waals surface area (Å²) in [4.78, 5) is 1.27. The van der Waals surface area contributed by atoms with Gasteiger partial charge in [-0.15, -0.1) is 22.0 Å². The average molecular weight is 343 g/mol. The highest BCUT2D eigenvalue weighted by Gasteiger charge is 2.04. The van der Waals surface area contributed by atoms with Gasteiger partial charge in [0, 0.05) is 23.4 Å². The highest BCUT2D eigenvalue weighted by Crippen LogP contribution is 2.15. The molecule has 0 atom stereocenters. The summed E-state index contributed by atoms with van der Waals surface area (Å²) >= 11 is 7.09. The number of thiocarbonyl (C=S) groups is 1. The number of fused-ring (bicyclic) bond motifs is 1. The molecule has 0 bridgehead atoms. The number of nitrogens with zero attached hydrogens (tertiary/aromatic N) is 3. The van der Waals surface area contributed by atoms with Crippen molar-refractivity contribution in [1.82, 2.24) is 25.2 Å². The third-order valence-corrected chi connectivity index (χ3v) is 4.49. The summed E-state index contributed by atoms with van der Waals surface area (Å²) in [6, 6.07) is 16.2. The second-order valence-electron chi connectivity index (χ2n) is 4.82. The van der Waals surface area contributed by atoms with Crippen LogP contribution in [-0.4, -0.2) is 32.0 Å². The third kappa shape index (κ3) is 4.43. The fraction of sp³-hybridized carbons (Fsp3) is 0.188. The van der Waals surface area contributed by atoms with Gasteiger partial charge in [0.15, 0.2) is 16.6 Å². The van der Waals surface area contributed by atoms with E-state index in [1.165, 1.54) is 4.90 Å². The number of hydrogen-bond donors (Lipinski definition) is 2. The molecule has 3 rings (SSSR count). The molecule has 118 valence electrons. The maximum absolute atomic E-state index is 5.29. The fourth-order valence-corrected chi connectivity index (χ4v) is 3.05. The lowest BCUT2D eigenvalue weighted by Gasteiger charge is -2.09. The lowest BCUT2D eigenvalue weighted by atomic mass is 10.4. The molecule has 5 nitrogen and oxygen atoms in total. The molecule has 0 saturated heterocycles. The summed E-state index contributed by atoms with van der Waals surface area (Å²) in [6.45, 7) is 1.36. The van der Waals surface area contributed by atoms with Crippen molar-refractivity contribution in [3.8, 4) is 0 Å². The number of nitrogens with one attached hydrogen (secondary N) is 2. The highest BCUT2D eigenvalue weighted by molar-refractivity contribution is 7.99.